The van der Waals surface area contributed by atoms with E-state index < -0.39 is 0 Å². The molecule has 1 saturated heterocycles. The van der Waals surface area contributed by atoms with E-state index in [1.165, 1.54) is 0 Å². The summed E-state index contributed by atoms with van der Waals surface area (Å²) in [5, 5.41) is 16.1. The Morgan fingerprint density at radius 1 is 1.20 bits per heavy atom. The Hall–Kier alpha value is -2.64. The van der Waals surface area contributed by atoms with Crippen molar-refractivity contribution >= 4 is 5.96 Å². The minimum Gasteiger partial charge on any atom is -0.396 e. The van der Waals surface area contributed by atoms with E-state index in [1.807, 2.05) is 25.1 Å². The van der Waals surface area contributed by atoms with Crippen LogP contribution in [0.5, 0.6) is 0 Å². The fourth-order valence-corrected chi connectivity index (χ4v) is 3.63. The van der Waals surface area contributed by atoms with Crippen LogP contribution in [0, 0.1) is 5.41 Å². The number of hydrogen-bond donors (Lipinski definition) is 3. The molecule has 1 aliphatic rings. The third kappa shape index (κ3) is 6.18. The zero-order chi connectivity index (χ0) is 21.2. The van der Waals surface area contributed by atoms with Gasteiger partial charge in [-0.1, -0.05) is 30.3 Å². The Bertz CT molecular complexity index is 871. The molecule has 1 aromatic heterocycles. The first-order valence-electron chi connectivity index (χ1n) is 10.6. The van der Waals surface area contributed by atoms with Crippen LogP contribution in [0.1, 0.15) is 30.9 Å². The van der Waals surface area contributed by atoms with E-state index in [0.29, 0.717) is 19.7 Å². The molecule has 0 bridgehead atoms. The second kappa shape index (κ2) is 10.9. The molecule has 2 aromatic rings. The van der Waals surface area contributed by atoms with Gasteiger partial charge in [-0.25, -0.2) is 4.99 Å². The summed E-state index contributed by atoms with van der Waals surface area (Å²) in [5.74, 6) is 0.765. The molecular weight excluding hydrogens is 380 g/mol. The molecule has 0 radical (unpaired) electrons. The van der Waals surface area contributed by atoms with Crippen molar-refractivity contribution in [3.05, 3.63) is 70.1 Å². The zero-order valence-corrected chi connectivity index (χ0v) is 17.6. The van der Waals surface area contributed by atoms with Crippen LogP contribution in [0.3, 0.4) is 0 Å². The molecule has 1 aromatic carbocycles. The molecule has 1 aliphatic heterocycles. The van der Waals surface area contributed by atoms with E-state index in [9.17, 15) is 9.90 Å². The van der Waals surface area contributed by atoms with Gasteiger partial charge in [-0.15, -0.1) is 0 Å². The van der Waals surface area contributed by atoms with Crippen molar-refractivity contribution in [1.29, 1.82) is 0 Å². The van der Waals surface area contributed by atoms with Gasteiger partial charge in [0.1, 0.15) is 0 Å². The lowest BCUT2D eigenvalue weighted by Crippen LogP contribution is -2.44. The van der Waals surface area contributed by atoms with Crippen molar-refractivity contribution in [1.82, 2.24) is 15.2 Å². The van der Waals surface area contributed by atoms with Gasteiger partial charge in [0, 0.05) is 44.0 Å². The largest absolute Gasteiger partial charge is 0.396 e. The minimum absolute atomic E-state index is 0.000773. The molecule has 3 N–H and O–H groups in total. The molecule has 1 fully saturated rings. The second-order valence-corrected chi connectivity index (χ2v) is 7.81. The van der Waals surface area contributed by atoms with Crippen molar-refractivity contribution in [3.63, 3.8) is 0 Å². The number of guanidine groups is 1. The summed E-state index contributed by atoms with van der Waals surface area (Å²) < 4.78 is 7.25. The number of hydrogen-bond acceptors (Lipinski definition) is 4. The molecule has 1 unspecified atom stereocenters. The molecule has 2 heterocycles. The number of aliphatic hydroxyl groups excluding tert-OH is 1. The maximum Gasteiger partial charge on any atom is 0.250 e. The molecule has 30 heavy (non-hydrogen) atoms. The monoisotopic (exact) mass is 412 g/mol. The lowest BCUT2D eigenvalue weighted by atomic mass is 9.84. The van der Waals surface area contributed by atoms with E-state index in [1.54, 1.807) is 22.9 Å². The molecule has 3 rings (SSSR count). The van der Waals surface area contributed by atoms with E-state index in [4.69, 9.17) is 9.73 Å². The molecule has 7 heteroatoms. The molecule has 0 aliphatic carbocycles. The van der Waals surface area contributed by atoms with E-state index >= 15 is 0 Å². The van der Waals surface area contributed by atoms with Crippen LogP contribution in [0.25, 0.3) is 0 Å². The molecule has 0 spiro atoms. The summed E-state index contributed by atoms with van der Waals surface area (Å²) in [6.07, 6.45) is 3.48. The van der Waals surface area contributed by atoms with Crippen LogP contribution < -0.4 is 16.2 Å². The topological polar surface area (TPSA) is 87.9 Å². The number of nitrogens with one attached hydrogen (secondary N) is 2. The van der Waals surface area contributed by atoms with Crippen LogP contribution in [0.15, 0.2) is 58.4 Å². The van der Waals surface area contributed by atoms with Gasteiger partial charge in [0.15, 0.2) is 5.96 Å². The normalized spacial score (nSPS) is 19.1. The highest BCUT2D eigenvalue weighted by atomic mass is 16.5. The fourth-order valence-electron chi connectivity index (χ4n) is 3.63. The number of aliphatic hydroxyl groups is 1. The molecular formula is C23H32N4O3. The first-order valence-corrected chi connectivity index (χ1v) is 10.6. The summed E-state index contributed by atoms with van der Waals surface area (Å²) in [6, 6.07) is 13.4. The highest BCUT2D eigenvalue weighted by Crippen LogP contribution is 2.31. The van der Waals surface area contributed by atoms with E-state index in [0.717, 1.165) is 49.6 Å². The SMILES string of the molecule is CCNC(=NCc1ccc(Cn2ccccc2=O)cc1)NCC1(CCO)CCOC1. The summed E-state index contributed by atoms with van der Waals surface area (Å²) >= 11 is 0. The molecule has 162 valence electrons. The number of rotatable bonds is 9. The van der Waals surface area contributed by atoms with Gasteiger partial charge in [0.2, 0.25) is 0 Å². The van der Waals surface area contributed by atoms with E-state index in [-0.39, 0.29) is 17.6 Å². The van der Waals surface area contributed by atoms with Crippen LogP contribution in [0.2, 0.25) is 0 Å². The molecule has 1 atom stereocenters. The maximum atomic E-state index is 11.9. The summed E-state index contributed by atoms with van der Waals surface area (Å²) in [7, 11) is 0. The second-order valence-electron chi connectivity index (χ2n) is 7.81. The van der Waals surface area contributed by atoms with Crippen LogP contribution in [-0.2, 0) is 17.8 Å². The number of aliphatic imine (C=N–C) groups is 1. The van der Waals surface area contributed by atoms with Gasteiger partial charge in [0.05, 0.1) is 19.7 Å². The maximum absolute atomic E-state index is 11.9. The first-order chi connectivity index (χ1) is 14.6. The van der Waals surface area contributed by atoms with Crippen LogP contribution >= 0.6 is 0 Å². The average molecular weight is 413 g/mol. The average Bonchev–Trinajstić information content (AvgIpc) is 3.22. The van der Waals surface area contributed by atoms with Crippen molar-refractivity contribution in [2.75, 3.05) is 32.9 Å². The highest BCUT2D eigenvalue weighted by molar-refractivity contribution is 5.79. The Kier molecular flexibility index (Phi) is 8.04. The first kappa shape index (κ1) is 22.1. The predicted molar refractivity (Wildman–Crippen MR) is 119 cm³/mol. The Balaban J connectivity index is 1.58. The van der Waals surface area contributed by atoms with Crippen molar-refractivity contribution in [3.8, 4) is 0 Å². The number of benzene rings is 1. The van der Waals surface area contributed by atoms with Crippen LogP contribution in [-0.4, -0.2) is 48.5 Å². The van der Waals surface area contributed by atoms with Gasteiger partial charge >= 0.3 is 0 Å². The number of ether oxygens (including phenoxy) is 1. The molecule has 0 saturated carbocycles. The Morgan fingerprint density at radius 2 is 2.00 bits per heavy atom. The lowest BCUT2D eigenvalue weighted by molar-refractivity contribution is 0.127. The lowest BCUT2D eigenvalue weighted by Gasteiger charge is -2.27. The third-order valence-electron chi connectivity index (χ3n) is 5.50. The predicted octanol–water partition coefficient (Wildman–Crippen LogP) is 1.74. The van der Waals surface area contributed by atoms with Gasteiger partial charge in [-0.2, -0.15) is 0 Å². The smallest absolute Gasteiger partial charge is 0.250 e. The standard InChI is InChI=1S/C23H32N4O3/c1-2-24-22(26-17-23(10-13-28)11-14-30-18-23)25-15-19-6-8-20(9-7-19)16-27-12-4-3-5-21(27)29/h3-9,12,28H,2,10-11,13-18H2,1H3,(H2,24,25,26). The summed E-state index contributed by atoms with van der Waals surface area (Å²) in [6.45, 7) is 6.25. The molecule has 0 amide bonds. The highest BCUT2D eigenvalue weighted by Gasteiger charge is 2.34. The fraction of sp³-hybridized carbons (Fsp3) is 0.478. The summed E-state index contributed by atoms with van der Waals surface area (Å²) in [4.78, 5) is 16.6. The number of nitrogens with zero attached hydrogens (tertiary/aromatic N) is 2. The van der Waals surface area contributed by atoms with E-state index in [2.05, 4.69) is 22.8 Å². The number of pyridine rings is 1. The quantitative estimate of drug-likeness (QED) is 0.431. The van der Waals surface area contributed by atoms with Crippen LogP contribution in [0.4, 0.5) is 0 Å². The number of aromatic nitrogens is 1. The zero-order valence-electron chi connectivity index (χ0n) is 17.6. The van der Waals surface area contributed by atoms with Gasteiger partial charge in [-0.05, 0) is 37.0 Å². The van der Waals surface area contributed by atoms with Gasteiger partial charge < -0.3 is 25.0 Å². The van der Waals surface area contributed by atoms with Crippen molar-refractivity contribution < 1.29 is 9.84 Å². The van der Waals surface area contributed by atoms with Crippen molar-refractivity contribution in [2.24, 2.45) is 10.4 Å². The minimum atomic E-state index is -0.0257. The van der Waals surface area contributed by atoms with Crippen molar-refractivity contribution in [2.45, 2.75) is 32.9 Å². The molecule has 7 nitrogen and oxygen atoms in total. The summed E-state index contributed by atoms with van der Waals surface area (Å²) in [5.41, 5.74) is 2.15. The Labute approximate surface area is 177 Å². The Morgan fingerprint density at radius 3 is 2.67 bits per heavy atom. The third-order valence-corrected chi connectivity index (χ3v) is 5.50. The van der Waals surface area contributed by atoms with Gasteiger partial charge in [-0.3, -0.25) is 4.79 Å². The van der Waals surface area contributed by atoms with Gasteiger partial charge in [0.25, 0.3) is 5.56 Å².